The quantitative estimate of drug-likeness (QED) is 0.815. The highest BCUT2D eigenvalue weighted by atomic mass is 79.9. The Bertz CT molecular complexity index is 666. The van der Waals surface area contributed by atoms with Crippen molar-refractivity contribution in [1.82, 2.24) is 9.97 Å². The number of rotatable bonds is 4. The molecule has 5 nitrogen and oxygen atoms in total. The molecule has 0 fully saturated rings. The summed E-state index contributed by atoms with van der Waals surface area (Å²) < 4.78 is 1.58. The minimum atomic E-state index is 0.536. The molecule has 1 heterocycles. The SMILES string of the molecule is CCNc1ncc(Br)c(Nc2ccc(Br)cc2C#N)n1. The van der Waals surface area contributed by atoms with E-state index in [1.54, 1.807) is 12.3 Å². The van der Waals surface area contributed by atoms with Crippen molar-refractivity contribution in [2.75, 3.05) is 17.2 Å². The van der Waals surface area contributed by atoms with Crippen molar-refractivity contribution in [2.45, 2.75) is 6.92 Å². The Morgan fingerprint density at radius 3 is 2.85 bits per heavy atom. The predicted molar refractivity (Wildman–Crippen MR) is 86.0 cm³/mol. The van der Waals surface area contributed by atoms with E-state index in [0.29, 0.717) is 23.0 Å². The number of nitrogens with zero attached hydrogens (tertiary/aromatic N) is 3. The van der Waals surface area contributed by atoms with E-state index in [1.165, 1.54) is 0 Å². The second kappa shape index (κ2) is 6.68. The molecular weight excluding hydrogens is 386 g/mol. The van der Waals surface area contributed by atoms with Gasteiger partial charge >= 0.3 is 0 Å². The molecule has 1 aromatic heterocycles. The maximum absolute atomic E-state index is 9.16. The molecule has 1 aromatic carbocycles. The summed E-state index contributed by atoms with van der Waals surface area (Å²) in [6, 6.07) is 7.59. The third kappa shape index (κ3) is 3.46. The molecule has 2 rings (SSSR count). The molecule has 0 aliphatic rings. The van der Waals surface area contributed by atoms with Crippen LogP contribution in [0.3, 0.4) is 0 Å². The van der Waals surface area contributed by atoms with E-state index in [-0.39, 0.29) is 0 Å². The van der Waals surface area contributed by atoms with Crippen LogP contribution in [0, 0.1) is 11.3 Å². The van der Waals surface area contributed by atoms with Gasteiger partial charge in [-0.1, -0.05) is 15.9 Å². The molecular formula is C13H11Br2N5. The smallest absolute Gasteiger partial charge is 0.224 e. The summed E-state index contributed by atoms with van der Waals surface area (Å²) in [6.45, 7) is 2.71. The van der Waals surface area contributed by atoms with Crippen molar-refractivity contribution in [3.63, 3.8) is 0 Å². The van der Waals surface area contributed by atoms with Crippen molar-refractivity contribution >= 4 is 49.3 Å². The Morgan fingerprint density at radius 2 is 2.15 bits per heavy atom. The molecule has 20 heavy (non-hydrogen) atoms. The molecule has 0 atom stereocenters. The fourth-order valence-electron chi connectivity index (χ4n) is 1.54. The van der Waals surface area contributed by atoms with E-state index in [1.807, 2.05) is 19.1 Å². The Balaban J connectivity index is 2.34. The molecule has 0 radical (unpaired) electrons. The zero-order chi connectivity index (χ0) is 14.5. The summed E-state index contributed by atoms with van der Waals surface area (Å²) >= 11 is 6.74. The molecule has 7 heteroatoms. The van der Waals surface area contributed by atoms with Gasteiger partial charge in [-0.2, -0.15) is 10.2 Å². The van der Waals surface area contributed by atoms with Gasteiger partial charge in [-0.05, 0) is 41.1 Å². The number of benzene rings is 1. The van der Waals surface area contributed by atoms with Gasteiger partial charge in [0.25, 0.3) is 0 Å². The lowest BCUT2D eigenvalue weighted by Crippen LogP contribution is -2.05. The first-order valence-electron chi connectivity index (χ1n) is 5.87. The largest absolute Gasteiger partial charge is 0.354 e. The number of nitriles is 1. The minimum absolute atomic E-state index is 0.536. The maximum Gasteiger partial charge on any atom is 0.224 e. The third-order valence-electron chi connectivity index (χ3n) is 2.43. The molecule has 0 saturated carbocycles. The van der Waals surface area contributed by atoms with Gasteiger partial charge in [0.1, 0.15) is 11.9 Å². The third-order valence-corrected chi connectivity index (χ3v) is 3.51. The molecule has 0 spiro atoms. The predicted octanol–water partition coefficient (Wildman–Crippen LogP) is 4.05. The molecule has 0 bridgehead atoms. The van der Waals surface area contributed by atoms with Crippen LogP contribution in [0.1, 0.15) is 12.5 Å². The number of halogens is 2. The highest BCUT2D eigenvalue weighted by molar-refractivity contribution is 9.10. The minimum Gasteiger partial charge on any atom is -0.354 e. The second-order valence-electron chi connectivity index (χ2n) is 3.85. The van der Waals surface area contributed by atoms with Crippen LogP contribution in [0.5, 0.6) is 0 Å². The molecule has 0 aliphatic heterocycles. The van der Waals surface area contributed by atoms with E-state index in [4.69, 9.17) is 5.26 Å². The average molecular weight is 397 g/mol. The molecule has 0 saturated heterocycles. The summed E-state index contributed by atoms with van der Waals surface area (Å²) in [7, 11) is 0. The van der Waals surface area contributed by atoms with Crippen molar-refractivity contribution < 1.29 is 0 Å². The van der Waals surface area contributed by atoms with Gasteiger partial charge in [-0.25, -0.2) is 4.98 Å². The lowest BCUT2D eigenvalue weighted by Gasteiger charge is -2.10. The number of hydrogen-bond acceptors (Lipinski definition) is 5. The van der Waals surface area contributed by atoms with E-state index < -0.39 is 0 Å². The highest BCUT2D eigenvalue weighted by Gasteiger charge is 2.08. The van der Waals surface area contributed by atoms with Crippen LogP contribution in [-0.2, 0) is 0 Å². The fraction of sp³-hybridized carbons (Fsp3) is 0.154. The van der Waals surface area contributed by atoms with Gasteiger partial charge < -0.3 is 10.6 Å². The van der Waals surface area contributed by atoms with Gasteiger partial charge in [-0.15, -0.1) is 0 Å². The second-order valence-corrected chi connectivity index (χ2v) is 5.62. The topological polar surface area (TPSA) is 73.6 Å². The molecule has 102 valence electrons. The Labute approximate surface area is 133 Å². The van der Waals surface area contributed by atoms with Gasteiger partial charge in [0, 0.05) is 17.2 Å². The van der Waals surface area contributed by atoms with E-state index in [0.717, 1.165) is 15.5 Å². The van der Waals surface area contributed by atoms with Crippen LogP contribution >= 0.6 is 31.9 Å². The van der Waals surface area contributed by atoms with Crippen molar-refractivity contribution in [1.29, 1.82) is 5.26 Å². The number of hydrogen-bond donors (Lipinski definition) is 2. The van der Waals surface area contributed by atoms with Crippen LogP contribution in [0.25, 0.3) is 0 Å². The summed E-state index contributed by atoms with van der Waals surface area (Å²) in [4.78, 5) is 8.50. The van der Waals surface area contributed by atoms with E-state index in [9.17, 15) is 0 Å². The van der Waals surface area contributed by atoms with Gasteiger partial charge in [0.15, 0.2) is 0 Å². The highest BCUT2D eigenvalue weighted by Crippen LogP contribution is 2.27. The standard InChI is InChI=1S/C13H11Br2N5/c1-2-17-13-18-7-10(15)12(20-13)19-11-4-3-9(14)5-8(11)6-16/h3-5,7H,2H2,1H3,(H2,17,18,19,20). The van der Waals surface area contributed by atoms with Crippen molar-refractivity contribution in [3.05, 3.63) is 38.9 Å². The molecule has 2 N–H and O–H groups in total. The van der Waals surface area contributed by atoms with Gasteiger partial charge in [0.2, 0.25) is 5.95 Å². The van der Waals surface area contributed by atoms with Crippen LogP contribution in [0.4, 0.5) is 17.5 Å². The monoisotopic (exact) mass is 395 g/mol. The summed E-state index contributed by atoms with van der Waals surface area (Å²) in [5.41, 5.74) is 1.23. The summed E-state index contributed by atoms with van der Waals surface area (Å²) in [6.07, 6.45) is 1.66. The van der Waals surface area contributed by atoms with Crippen LogP contribution in [-0.4, -0.2) is 16.5 Å². The molecule has 0 aliphatic carbocycles. The Morgan fingerprint density at radius 1 is 1.35 bits per heavy atom. The van der Waals surface area contributed by atoms with E-state index >= 15 is 0 Å². The summed E-state index contributed by atoms with van der Waals surface area (Å²) in [5.74, 6) is 1.14. The van der Waals surface area contributed by atoms with E-state index in [2.05, 4.69) is 58.5 Å². The normalized spacial score (nSPS) is 9.90. The lowest BCUT2D eigenvalue weighted by atomic mass is 10.2. The van der Waals surface area contributed by atoms with Crippen molar-refractivity contribution in [3.8, 4) is 6.07 Å². The Kier molecular flexibility index (Phi) is 4.93. The summed E-state index contributed by atoms with van der Waals surface area (Å²) in [5, 5.41) is 15.3. The fourth-order valence-corrected chi connectivity index (χ4v) is 2.19. The number of nitrogens with one attached hydrogen (secondary N) is 2. The number of anilines is 3. The molecule has 2 aromatic rings. The Hall–Kier alpha value is -1.65. The van der Waals surface area contributed by atoms with Crippen LogP contribution in [0.2, 0.25) is 0 Å². The number of aromatic nitrogens is 2. The molecule has 0 unspecified atom stereocenters. The maximum atomic E-state index is 9.16. The average Bonchev–Trinajstić information content (AvgIpc) is 2.44. The van der Waals surface area contributed by atoms with Crippen LogP contribution in [0.15, 0.2) is 33.3 Å². The van der Waals surface area contributed by atoms with Gasteiger partial charge in [-0.3, -0.25) is 0 Å². The van der Waals surface area contributed by atoms with Gasteiger partial charge in [0.05, 0.1) is 15.7 Å². The zero-order valence-corrected chi connectivity index (χ0v) is 13.8. The molecule has 0 amide bonds. The van der Waals surface area contributed by atoms with Crippen molar-refractivity contribution in [2.24, 2.45) is 0 Å². The lowest BCUT2D eigenvalue weighted by molar-refractivity contribution is 1.08. The first-order valence-corrected chi connectivity index (χ1v) is 7.45. The van der Waals surface area contributed by atoms with Crippen LogP contribution < -0.4 is 10.6 Å². The first-order chi connectivity index (χ1) is 9.63. The zero-order valence-electron chi connectivity index (χ0n) is 10.6. The first kappa shape index (κ1) is 14.8.